The van der Waals surface area contributed by atoms with Gasteiger partial charge in [0.2, 0.25) is 5.91 Å². The van der Waals surface area contributed by atoms with E-state index in [1.165, 1.54) is 0 Å². The summed E-state index contributed by atoms with van der Waals surface area (Å²) in [5, 5.41) is 8.72. The van der Waals surface area contributed by atoms with Gasteiger partial charge in [0.1, 0.15) is 5.75 Å². The van der Waals surface area contributed by atoms with E-state index < -0.39 is 5.41 Å². The highest BCUT2D eigenvalue weighted by molar-refractivity contribution is 7.80. The molecule has 0 fully saturated rings. The Morgan fingerprint density at radius 2 is 1.75 bits per heavy atom. The maximum absolute atomic E-state index is 12.7. The molecule has 0 saturated carbocycles. The van der Waals surface area contributed by atoms with Crippen molar-refractivity contribution in [2.75, 3.05) is 18.5 Å². The Bertz CT molecular complexity index is 955. The SMILES string of the molecule is CCNC(=O)c1ccc(NC(=S)NC(=O)C(C)(C)CCCOc2cc(C)ccc2C)cc1. The van der Waals surface area contributed by atoms with Crippen molar-refractivity contribution in [1.82, 2.24) is 10.6 Å². The van der Waals surface area contributed by atoms with E-state index in [1.54, 1.807) is 24.3 Å². The lowest BCUT2D eigenvalue weighted by Gasteiger charge is -2.24. The Labute approximate surface area is 196 Å². The molecule has 172 valence electrons. The summed E-state index contributed by atoms with van der Waals surface area (Å²) in [6.45, 7) is 10.8. The summed E-state index contributed by atoms with van der Waals surface area (Å²) in [5.41, 5.74) is 2.92. The molecule has 0 atom stereocenters. The maximum Gasteiger partial charge on any atom is 0.251 e. The number of nitrogens with one attached hydrogen (secondary N) is 3. The number of hydrogen-bond donors (Lipinski definition) is 3. The molecule has 2 aromatic carbocycles. The van der Waals surface area contributed by atoms with Crippen molar-refractivity contribution in [2.45, 2.75) is 47.5 Å². The number of hydrogen-bond acceptors (Lipinski definition) is 4. The van der Waals surface area contributed by atoms with Crippen molar-refractivity contribution >= 4 is 34.8 Å². The molecular formula is C25H33N3O3S. The number of ether oxygens (including phenoxy) is 1. The normalized spacial score (nSPS) is 10.9. The zero-order valence-corrected chi connectivity index (χ0v) is 20.3. The molecule has 0 bridgehead atoms. The third-order valence-electron chi connectivity index (χ3n) is 5.13. The third kappa shape index (κ3) is 7.64. The van der Waals surface area contributed by atoms with Crippen LogP contribution in [0.15, 0.2) is 42.5 Å². The van der Waals surface area contributed by atoms with Gasteiger partial charge in [-0.15, -0.1) is 0 Å². The first-order valence-electron chi connectivity index (χ1n) is 10.8. The summed E-state index contributed by atoms with van der Waals surface area (Å²) in [6.07, 6.45) is 1.41. The standard InChI is InChI=1S/C25H33N3O3S/c1-6-26-22(29)19-10-12-20(13-11-19)27-24(32)28-23(30)25(4,5)14-7-15-31-21-16-17(2)8-9-18(21)3/h8-13,16H,6-7,14-15H2,1-5H3,(H,26,29)(H2,27,28,30,32). The molecule has 3 N–H and O–H groups in total. The fraction of sp³-hybridized carbons (Fsp3) is 0.400. The largest absolute Gasteiger partial charge is 0.493 e. The van der Waals surface area contributed by atoms with Crippen molar-refractivity contribution < 1.29 is 14.3 Å². The van der Waals surface area contributed by atoms with Crippen molar-refractivity contribution in [3.63, 3.8) is 0 Å². The van der Waals surface area contributed by atoms with E-state index in [-0.39, 0.29) is 16.9 Å². The monoisotopic (exact) mass is 455 g/mol. The van der Waals surface area contributed by atoms with Gasteiger partial charge in [-0.3, -0.25) is 9.59 Å². The van der Waals surface area contributed by atoms with Gasteiger partial charge in [-0.25, -0.2) is 0 Å². The van der Waals surface area contributed by atoms with Gasteiger partial charge in [-0.2, -0.15) is 0 Å². The van der Waals surface area contributed by atoms with Gasteiger partial charge in [0.05, 0.1) is 6.61 Å². The Morgan fingerprint density at radius 1 is 1.06 bits per heavy atom. The van der Waals surface area contributed by atoms with Crippen LogP contribution < -0.4 is 20.7 Å². The van der Waals surface area contributed by atoms with Crippen molar-refractivity contribution in [2.24, 2.45) is 5.41 Å². The van der Waals surface area contributed by atoms with Gasteiger partial charge in [-0.05, 0) is 87.3 Å². The third-order valence-corrected chi connectivity index (χ3v) is 5.34. The molecule has 0 aromatic heterocycles. The number of aryl methyl sites for hydroxylation is 2. The minimum absolute atomic E-state index is 0.127. The number of carbonyl (C=O) groups is 2. The number of thiocarbonyl (C=S) groups is 1. The molecule has 0 aliphatic rings. The Morgan fingerprint density at radius 3 is 2.41 bits per heavy atom. The van der Waals surface area contributed by atoms with E-state index in [2.05, 4.69) is 22.0 Å². The van der Waals surface area contributed by atoms with Crippen LogP contribution in [0.5, 0.6) is 5.75 Å². The summed E-state index contributed by atoms with van der Waals surface area (Å²) >= 11 is 5.29. The quantitative estimate of drug-likeness (QED) is 0.376. The lowest BCUT2D eigenvalue weighted by molar-refractivity contribution is -0.128. The van der Waals surface area contributed by atoms with Crippen LogP contribution in [0.1, 0.15) is 55.1 Å². The second-order valence-corrected chi connectivity index (χ2v) is 8.86. The van der Waals surface area contributed by atoms with Crippen LogP contribution in [0.2, 0.25) is 0 Å². The molecule has 0 aliphatic carbocycles. The maximum atomic E-state index is 12.7. The Balaban J connectivity index is 1.80. The van der Waals surface area contributed by atoms with E-state index in [1.807, 2.05) is 46.8 Å². The van der Waals surface area contributed by atoms with Crippen LogP contribution in [0.25, 0.3) is 0 Å². The first-order chi connectivity index (χ1) is 15.1. The summed E-state index contributed by atoms with van der Waals surface area (Å²) in [5.74, 6) is 0.606. The molecule has 32 heavy (non-hydrogen) atoms. The molecule has 0 saturated heterocycles. The Hall–Kier alpha value is -2.93. The molecule has 0 unspecified atom stereocenters. The van der Waals surface area contributed by atoms with Gasteiger partial charge in [-0.1, -0.05) is 26.0 Å². The minimum atomic E-state index is -0.598. The summed E-state index contributed by atoms with van der Waals surface area (Å²) < 4.78 is 5.90. The van der Waals surface area contributed by atoms with Crippen molar-refractivity contribution in [3.8, 4) is 5.75 Å². The van der Waals surface area contributed by atoms with Crippen LogP contribution in [-0.4, -0.2) is 30.1 Å². The second kappa shape index (κ2) is 11.6. The average Bonchev–Trinajstić information content (AvgIpc) is 2.74. The summed E-state index contributed by atoms with van der Waals surface area (Å²) in [6, 6.07) is 13.0. The number of amides is 2. The summed E-state index contributed by atoms with van der Waals surface area (Å²) in [7, 11) is 0. The zero-order chi connectivity index (χ0) is 23.7. The lowest BCUT2D eigenvalue weighted by atomic mass is 9.87. The molecule has 2 amide bonds. The molecular weight excluding hydrogens is 422 g/mol. The van der Waals surface area contributed by atoms with Crippen LogP contribution in [0, 0.1) is 19.3 Å². The minimum Gasteiger partial charge on any atom is -0.493 e. The fourth-order valence-electron chi connectivity index (χ4n) is 3.07. The first-order valence-corrected chi connectivity index (χ1v) is 11.2. The molecule has 0 aliphatic heterocycles. The van der Waals surface area contributed by atoms with Gasteiger partial charge in [0.15, 0.2) is 5.11 Å². The van der Waals surface area contributed by atoms with Crippen molar-refractivity contribution in [3.05, 3.63) is 59.2 Å². The van der Waals surface area contributed by atoms with E-state index in [0.29, 0.717) is 30.8 Å². The zero-order valence-electron chi connectivity index (χ0n) is 19.5. The van der Waals surface area contributed by atoms with Gasteiger partial charge in [0.25, 0.3) is 5.91 Å². The molecule has 2 rings (SSSR count). The van der Waals surface area contributed by atoms with Gasteiger partial charge >= 0.3 is 0 Å². The summed E-state index contributed by atoms with van der Waals surface area (Å²) in [4.78, 5) is 24.5. The molecule has 0 spiro atoms. The molecule has 0 radical (unpaired) electrons. The van der Waals surface area contributed by atoms with E-state index in [4.69, 9.17) is 17.0 Å². The van der Waals surface area contributed by atoms with Crippen molar-refractivity contribution in [1.29, 1.82) is 0 Å². The molecule has 6 nitrogen and oxygen atoms in total. The smallest absolute Gasteiger partial charge is 0.251 e. The first kappa shape index (κ1) is 25.3. The van der Waals surface area contributed by atoms with Gasteiger partial charge < -0.3 is 20.7 Å². The van der Waals surface area contributed by atoms with E-state index >= 15 is 0 Å². The second-order valence-electron chi connectivity index (χ2n) is 8.45. The molecule has 2 aromatic rings. The highest BCUT2D eigenvalue weighted by atomic mass is 32.1. The Kier molecular flexibility index (Phi) is 9.20. The number of carbonyl (C=O) groups excluding carboxylic acids is 2. The van der Waals surface area contributed by atoms with E-state index in [0.717, 1.165) is 23.3 Å². The van der Waals surface area contributed by atoms with Crippen LogP contribution in [0.3, 0.4) is 0 Å². The highest BCUT2D eigenvalue weighted by Gasteiger charge is 2.27. The number of benzene rings is 2. The molecule has 0 heterocycles. The number of rotatable bonds is 9. The highest BCUT2D eigenvalue weighted by Crippen LogP contribution is 2.24. The lowest BCUT2D eigenvalue weighted by Crippen LogP contribution is -2.42. The predicted molar refractivity (Wildman–Crippen MR) is 133 cm³/mol. The van der Waals surface area contributed by atoms with Crippen LogP contribution >= 0.6 is 12.2 Å². The predicted octanol–water partition coefficient (Wildman–Crippen LogP) is 4.75. The average molecular weight is 456 g/mol. The van der Waals surface area contributed by atoms with Crippen LogP contribution in [0.4, 0.5) is 5.69 Å². The van der Waals surface area contributed by atoms with Gasteiger partial charge in [0, 0.05) is 23.2 Å². The number of anilines is 1. The fourth-order valence-corrected chi connectivity index (χ4v) is 3.29. The van der Waals surface area contributed by atoms with Crippen LogP contribution in [-0.2, 0) is 4.79 Å². The molecule has 7 heteroatoms. The van der Waals surface area contributed by atoms with E-state index in [9.17, 15) is 9.59 Å². The topological polar surface area (TPSA) is 79.5 Å².